The van der Waals surface area contributed by atoms with Gasteiger partial charge in [-0.05, 0) is 123 Å². The van der Waals surface area contributed by atoms with Crippen molar-refractivity contribution in [2.45, 2.75) is 110 Å². The van der Waals surface area contributed by atoms with Crippen molar-refractivity contribution in [1.82, 2.24) is 24.3 Å². The Morgan fingerprint density at radius 3 is 2.31 bits per heavy atom. The van der Waals surface area contributed by atoms with Gasteiger partial charge in [0, 0.05) is 60.5 Å². The Bertz CT molecular complexity index is 1500. The highest BCUT2D eigenvalue weighted by Crippen LogP contribution is 2.38. The standard InChI is InChI=1S/C36H50FN5O3/c1-23(2)41(24(3)4)34(43)30-18-27(37)10-13-32(30)40-22-31(29-14-16-38-19-33(29)40)26-20-39(21-26)17-15-25-8-11-28(12-9-25)42(35(44)45)36(5,6)7/h10,13-14,16,18-19,22-26,28H,8-9,11-12,15,17,20-21H2,1-7H3,(H,44,45). The molecule has 0 spiro atoms. The molecule has 2 aliphatic rings. The number of hydrogen-bond donors (Lipinski definition) is 1. The quantitative estimate of drug-likeness (QED) is 0.268. The molecule has 0 unspecified atom stereocenters. The minimum atomic E-state index is -0.815. The molecule has 1 saturated heterocycles. The predicted octanol–water partition coefficient (Wildman–Crippen LogP) is 7.55. The van der Waals surface area contributed by atoms with E-state index < -0.39 is 11.9 Å². The van der Waals surface area contributed by atoms with Crippen molar-refractivity contribution in [3.63, 3.8) is 0 Å². The summed E-state index contributed by atoms with van der Waals surface area (Å²) in [6, 6.07) is 6.59. The highest BCUT2D eigenvalue weighted by atomic mass is 19.1. The summed E-state index contributed by atoms with van der Waals surface area (Å²) in [7, 11) is 0. The molecule has 244 valence electrons. The molecule has 3 heterocycles. The second-order valence-electron chi connectivity index (χ2n) is 14.7. The van der Waals surface area contributed by atoms with E-state index in [1.165, 1.54) is 17.7 Å². The normalized spacial score (nSPS) is 19.7. The van der Waals surface area contributed by atoms with Crippen LogP contribution in [0.4, 0.5) is 9.18 Å². The summed E-state index contributed by atoms with van der Waals surface area (Å²) in [4.78, 5) is 36.1. The Morgan fingerprint density at radius 2 is 1.71 bits per heavy atom. The fraction of sp³-hybridized carbons (Fsp3) is 0.583. The number of carboxylic acid groups (broad SMARTS) is 1. The van der Waals surface area contributed by atoms with E-state index in [1.54, 1.807) is 15.9 Å². The molecular formula is C36H50FN5O3. The summed E-state index contributed by atoms with van der Waals surface area (Å²) < 4.78 is 16.6. The van der Waals surface area contributed by atoms with Crippen LogP contribution in [0, 0.1) is 11.7 Å². The van der Waals surface area contributed by atoms with Crippen LogP contribution < -0.4 is 0 Å². The largest absolute Gasteiger partial charge is 0.465 e. The van der Waals surface area contributed by atoms with Crippen LogP contribution in [-0.2, 0) is 0 Å². The Kier molecular flexibility index (Phi) is 9.59. The van der Waals surface area contributed by atoms with Gasteiger partial charge in [0.25, 0.3) is 5.91 Å². The molecule has 5 rings (SSSR count). The zero-order valence-corrected chi connectivity index (χ0v) is 28.0. The zero-order chi connectivity index (χ0) is 32.6. The van der Waals surface area contributed by atoms with Gasteiger partial charge in [-0.25, -0.2) is 9.18 Å². The van der Waals surface area contributed by atoms with Crippen molar-refractivity contribution in [2.24, 2.45) is 5.92 Å². The summed E-state index contributed by atoms with van der Waals surface area (Å²) in [6.45, 7) is 16.9. The van der Waals surface area contributed by atoms with Crippen molar-refractivity contribution in [3.05, 3.63) is 59.8 Å². The Morgan fingerprint density at radius 1 is 1.04 bits per heavy atom. The van der Waals surface area contributed by atoms with E-state index >= 15 is 0 Å². The molecule has 2 fully saturated rings. The maximum atomic E-state index is 14.6. The van der Waals surface area contributed by atoms with E-state index in [2.05, 4.69) is 16.1 Å². The van der Waals surface area contributed by atoms with Crippen LogP contribution in [0.3, 0.4) is 0 Å². The van der Waals surface area contributed by atoms with Crippen LogP contribution in [0.1, 0.15) is 102 Å². The molecule has 1 aliphatic carbocycles. The molecule has 0 bridgehead atoms. The number of aromatic nitrogens is 2. The number of likely N-dealkylation sites (tertiary alicyclic amines) is 1. The van der Waals surface area contributed by atoms with Gasteiger partial charge in [0.2, 0.25) is 0 Å². The summed E-state index contributed by atoms with van der Waals surface area (Å²) in [6.07, 6.45) is 10.1. The van der Waals surface area contributed by atoms with Crippen molar-refractivity contribution in [2.75, 3.05) is 19.6 Å². The molecule has 9 heteroatoms. The number of nitrogens with zero attached hydrogens (tertiary/aromatic N) is 5. The first-order valence-electron chi connectivity index (χ1n) is 16.6. The lowest BCUT2D eigenvalue weighted by atomic mass is 9.82. The Labute approximate surface area is 267 Å². The molecule has 1 saturated carbocycles. The molecule has 3 aromatic rings. The van der Waals surface area contributed by atoms with Gasteiger partial charge in [0.15, 0.2) is 0 Å². The monoisotopic (exact) mass is 619 g/mol. The third kappa shape index (κ3) is 6.88. The van der Waals surface area contributed by atoms with Crippen LogP contribution >= 0.6 is 0 Å². The Hall–Kier alpha value is -3.46. The van der Waals surface area contributed by atoms with Crippen LogP contribution in [-0.4, -0.2) is 84.7 Å². The zero-order valence-electron chi connectivity index (χ0n) is 28.0. The highest BCUT2D eigenvalue weighted by Gasteiger charge is 2.36. The second-order valence-corrected chi connectivity index (χ2v) is 14.7. The summed E-state index contributed by atoms with van der Waals surface area (Å²) in [5.41, 5.74) is 2.77. The third-order valence-electron chi connectivity index (χ3n) is 9.80. The third-order valence-corrected chi connectivity index (χ3v) is 9.80. The SMILES string of the molecule is CC(C)N(C(=O)c1cc(F)ccc1-n1cc(C2CN(CCC3CCC(N(C(=O)O)C(C)(C)C)CC3)C2)c2ccncc21)C(C)C. The molecule has 8 nitrogen and oxygen atoms in total. The average molecular weight is 620 g/mol. The number of fused-ring (bicyclic) bond motifs is 1. The number of halogens is 1. The van der Waals surface area contributed by atoms with Crippen LogP contribution in [0.25, 0.3) is 16.6 Å². The first kappa shape index (κ1) is 32.9. The van der Waals surface area contributed by atoms with E-state index in [0.717, 1.165) is 62.6 Å². The van der Waals surface area contributed by atoms with Crippen molar-refractivity contribution in [1.29, 1.82) is 0 Å². The van der Waals surface area contributed by atoms with Crippen LogP contribution in [0.5, 0.6) is 0 Å². The number of benzene rings is 1. The number of carbonyl (C=O) groups is 2. The summed E-state index contributed by atoms with van der Waals surface area (Å²) >= 11 is 0. The fourth-order valence-corrected chi connectivity index (χ4v) is 7.72. The first-order chi connectivity index (χ1) is 21.3. The van der Waals surface area contributed by atoms with Gasteiger partial charge in [0.1, 0.15) is 5.82 Å². The number of carbonyl (C=O) groups excluding carboxylic acids is 1. The lowest BCUT2D eigenvalue weighted by molar-refractivity contribution is 0.0474. The molecule has 0 atom stereocenters. The minimum Gasteiger partial charge on any atom is -0.465 e. The molecule has 0 radical (unpaired) electrons. The van der Waals surface area contributed by atoms with E-state index in [-0.39, 0.29) is 29.6 Å². The van der Waals surface area contributed by atoms with Crippen molar-refractivity contribution < 1.29 is 19.1 Å². The number of rotatable bonds is 9. The molecule has 1 aliphatic heterocycles. The number of pyridine rings is 1. The molecular weight excluding hydrogens is 569 g/mol. The molecule has 2 amide bonds. The molecule has 45 heavy (non-hydrogen) atoms. The van der Waals surface area contributed by atoms with Gasteiger partial charge in [0.05, 0.1) is 23.0 Å². The maximum Gasteiger partial charge on any atom is 0.407 e. The number of amides is 2. The van der Waals surface area contributed by atoms with Crippen molar-refractivity contribution in [3.8, 4) is 5.69 Å². The molecule has 2 aromatic heterocycles. The van der Waals surface area contributed by atoms with Gasteiger partial charge in [-0.2, -0.15) is 0 Å². The maximum absolute atomic E-state index is 14.6. The first-order valence-corrected chi connectivity index (χ1v) is 16.6. The predicted molar refractivity (Wildman–Crippen MR) is 177 cm³/mol. The van der Waals surface area contributed by atoms with Crippen LogP contribution in [0.2, 0.25) is 0 Å². The minimum absolute atomic E-state index is 0.0221. The van der Waals surface area contributed by atoms with E-state index in [4.69, 9.17) is 0 Å². The lowest BCUT2D eigenvalue weighted by Crippen LogP contribution is -2.52. The van der Waals surface area contributed by atoms with E-state index in [9.17, 15) is 19.1 Å². The lowest BCUT2D eigenvalue weighted by Gasteiger charge is -2.43. The molecule has 1 N–H and O–H groups in total. The van der Waals surface area contributed by atoms with Gasteiger partial charge >= 0.3 is 6.09 Å². The average Bonchev–Trinajstić information content (AvgIpc) is 3.30. The summed E-state index contributed by atoms with van der Waals surface area (Å²) in [5, 5.41) is 10.9. The van der Waals surface area contributed by atoms with Gasteiger partial charge < -0.3 is 24.4 Å². The Balaban J connectivity index is 1.27. The van der Waals surface area contributed by atoms with E-state index in [0.29, 0.717) is 23.1 Å². The van der Waals surface area contributed by atoms with Crippen molar-refractivity contribution >= 4 is 22.9 Å². The topological polar surface area (TPSA) is 81.9 Å². The molecule has 1 aromatic carbocycles. The van der Waals surface area contributed by atoms with Gasteiger partial charge in [-0.3, -0.25) is 9.78 Å². The number of hydrogen-bond acceptors (Lipinski definition) is 4. The summed E-state index contributed by atoms with van der Waals surface area (Å²) in [5.74, 6) is 0.389. The second kappa shape index (κ2) is 13.1. The fourth-order valence-electron chi connectivity index (χ4n) is 7.72. The smallest absolute Gasteiger partial charge is 0.407 e. The highest BCUT2D eigenvalue weighted by molar-refractivity contribution is 5.99. The van der Waals surface area contributed by atoms with Gasteiger partial charge in [-0.15, -0.1) is 0 Å². The van der Waals surface area contributed by atoms with Crippen LogP contribution in [0.15, 0.2) is 42.9 Å². The van der Waals surface area contributed by atoms with E-state index in [1.807, 2.05) is 71.5 Å². The van der Waals surface area contributed by atoms with Gasteiger partial charge in [-0.1, -0.05) is 0 Å².